The number of amides is 1. The van der Waals surface area contributed by atoms with Crippen LogP contribution in [0.15, 0.2) is 50.4 Å². The highest BCUT2D eigenvalue weighted by molar-refractivity contribution is 9.10. The Morgan fingerprint density at radius 3 is 2.89 bits per heavy atom. The maximum Gasteiger partial charge on any atom is 0.294 e. The molecule has 0 bridgehead atoms. The lowest BCUT2D eigenvalue weighted by Crippen LogP contribution is -2.42. The Bertz CT molecular complexity index is 625. The number of benzene rings is 1. The molecule has 1 aliphatic rings. The van der Waals surface area contributed by atoms with E-state index in [0.29, 0.717) is 10.4 Å². The zero-order valence-corrected chi connectivity index (χ0v) is 12.7. The summed E-state index contributed by atoms with van der Waals surface area (Å²) in [6.45, 7) is 2.05. The molecular formula is C14H12BrNO2S. The minimum atomic E-state index is -0.0917. The maximum absolute atomic E-state index is 12.6. The van der Waals surface area contributed by atoms with Gasteiger partial charge in [0.15, 0.2) is 10.4 Å². The number of halogens is 1. The molecular weight excluding hydrogens is 326 g/mol. The largest absolute Gasteiger partial charge is 0.444 e. The van der Waals surface area contributed by atoms with Crippen LogP contribution in [-0.2, 0) is 0 Å². The summed E-state index contributed by atoms with van der Waals surface area (Å²) in [6, 6.07) is 11.6. The number of hydrogen-bond donors (Lipinski definition) is 0. The summed E-state index contributed by atoms with van der Waals surface area (Å²) in [5.74, 6) is 1.16. The predicted molar refractivity (Wildman–Crippen MR) is 79.8 cm³/mol. The Morgan fingerprint density at radius 1 is 1.37 bits per heavy atom. The van der Waals surface area contributed by atoms with Crippen LogP contribution in [0.1, 0.15) is 17.5 Å². The van der Waals surface area contributed by atoms with Gasteiger partial charge in [-0.15, -0.1) is 11.8 Å². The van der Waals surface area contributed by atoms with E-state index in [1.54, 1.807) is 23.9 Å². The van der Waals surface area contributed by atoms with Gasteiger partial charge in [-0.1, -0.05) is 12.1 Å². The number of carbonyl (C=O) groups is 1. The van der Waals surface area contributed by atoms with Crippen LogP contribution in [0, 0.1) is 0 Å². The van der Waals surface area contributed by atoms with Gasteiger partial charge >= 0.3 is 0 Å². The molecule has 5 heteroatoms. The zero-order chi connectivity index (χ0) is 13.4. The monoisotopic (exact) mass is 337 g/mol. The second-order valence-corrected chi connectivity index (χ2v) is 6.25. The average molecular weight is 338 g/mol. The van der Waals surface area contributed by atoms with Crippen LogP contribution in [0.2, 0.25) is 0 Å². The van der Waals surface area contributed by atoms with Crippen LogP contribution in [0.3, 0.4) is 0 Å². The van der Waals surface area contributed by atoms with E-state index < -0.39 is 0 Å². The quantitative estimate of drug-likeness (QED) is 0.782. The van der Waals surface area contributed by atoms with Crippen LogP contribution in [0.5, 0.6) is 0 Å². The smallest absolute Gasteiger partial charge is 0.294 e. The predicted octanol–water partition coefficient (Wildman–Crippen LogP) is 4.18. The molecule has 1 aromatic heterocycles. The summed E-state index contributed by atoms with van der Waals surface area (Å²) < 4.78 is 5.95. The summed E-state index contributed by atoms with van der Waals surface area (Å²) in [4.78, 5) is 15.5. The molecule has 3 rings (SSSR count). The Labute approximate surface area is 124 Å². The van der Waals surface area contributed by atoms with Gasteiger partial charge in [0.25, 0.3) is 5.91 Å². The molecule has 0 saturated heterocycles. The van der Waals surface area contributed by atoms with Crippen molar-refractivity contribution >= 4 is 39.3 Å². The van der Waals surface area contributed by atoms with Crippen LogP contribution < -0.4 is 4.90 Å². The number of nitrogens with zero attached hydrogens (tertiary/aromatic N) is 1. The number of hydrogen-bond acceptors (Lipinski definition) is 3. The van der Waals surface area contributed by atoms with E-state index in [-0.39, 0.29) is 11.9 Å². The number of fused-ring (bicyclic) bond motifs is 1. The topological polar surface area (TPSA) is 33.5 Å². The summed E-state index contributed by atoms with van der Waals surface area (Å²) in [6.07, 6.45) is 0. The van der Waals surface area contributed by atoms with Crippen LogP contribution >= 0.6 is 27.7 Å². The van der Waals surface area contributed by atoms with Crippen molar-refractivity contribution in [2.24, 2.45) is 0 Å². The summed E-state index contributed by atoms with van der Waals surface area (Å²) in [5, 5.41) is 0. The van der Waals surface area contributed by atoms with E-state index in [4.69, 9.17) is 4.42 Å². The third-order valence-corrected chi connectivity index (χ3v) is 4.78. The number of rotatable bonds is 1. The molecule has 0 saturated carbocycles. The van der Waals surface area contributed by atoms with E-state index in [0.717, 1.165) is 16.3 Å². The lowest BCUT2D eigenvalue weighted by atomic mass is 10.2. The Kier molecular flexibility index (Phi) is 3.41. The molecule has 0 radical (unpaired) electrons. The molecule has 0 aliphatic carbocycles. The van der Waals surface area contributed by atoms with Gasteiger partial charge in [-0.2, -0.15) is 0 Å². The van der Waals surface area contributed by atoms with E-state index in [1.165, 1.54) is 0 Å². The fraction of sp³-hybridized carbons (Fsp3) is 0.214. The first kappa shape index (κ1) is 12.8. The molecule has 0 fully saturated rings. The molecule has 1 aromatic carbocycles. The first-order chi connectivity index (χ1) is 9.16. The molecule has 19 heavy (non-hydrogen) atoms. The number of furan rings is 1. The molecule has 1 unspecified atom stereocenters. The van der Waals surface area contributed by atoms with Crippen molar-refractivity contribution in [3.8, 4) is 0 Å². The van der Waals surface area contributed by atoms with Crippen molar-refractivity contribution in [2.45, 2.75) is 17.9 Å². The highest BCUT2D eigenvalue weighted by Crippen LogP contribution is 2.38. The molecule has 2 aromatic rings. The Balaban J connectivity index is 2.02. The van der Waals surface area contributed by atoms with Crippen molar-refractivity contribution in [2.75, 3.05) is 10.7 Å². The number of thioether (sulfide) groups is 1. The van der Waals surface area contributed by atoms with E-state index in [1.807, 2.05) is 29.2 Å². The van der Waals surface area contributed by atoms with Gasteiger partial charge in [-0.05, 0) is 47.1 Å². The van der Waals surface area contributed by atoms with Gasteiger partial charge in [-0.3, -0.25) is 4.79 Å². The number of carbonyl (C=O) groups excluding carboxylic acids is 1. The minimum Gasteiger partial charge on any atom is -0.444 e. The zero-order valence-electron chi connectivity index (χ0n) is 10.3. The number of para-hydroxylation sites is 1. The van der Waals surface area contributed by atoms with Crippen molar-refractivity contribution in [3.05, 3.63) is 46.8 Å². The van der Waals surface area contributed by atoms with Gasteiger partial charge in [-0.25, -0.2) is 0 Å². The SMILES string of the molecule is CC1CSc2ccccc2N1C(=O)c1ccc(Br)o1. The highest BCUT2D eigenvalue weighted by atomic mass is 79.9. The minimum absolute atomic E-state index is 0.0917. The van der Waals surface area contributed by atoms with Crippen LogP contribution in [0.4, 0.5) is 5.69 Å². The fourth-order valence-corrected chi connectivity index (χ4v) is 3.52. The molecule has 3 nitrogen and oxygen atoms in total. The van der Waals surface area contributed by atoms with Crippen LogP contribution in [0.25, 0.3) is 0 Å². The van der Waals surface area contributed by atoms with Crippen molar-refractivity contribution < 1.29 is 9.21 Å². The third-order valence-electron chi connectivity index (χ3n) is 3.05. The molecule has 1 atom stereocenters. The Hall–Kier alpha value is -1.20. The Morgan fingerprint density at radius 2 is 2.16 bits per heavy atom. The van der Waals surface area contributed by atoms with Crippen LogP contribution in [-0.4, -0.2) is 17.7 Å². The maximum atomic E-state index is 12.6. The van der Waals surface area contributed by atoms with Crippen molar-refractivity contribution in [3.63, 3.8) is 0 Å². The average Bonchev–Trinajstić information content (AvgIpc) is 2.85. The van der Waals surface area contributed by atoms with Gasteiger partial charge in [0, 0.05) is 16.7 Å². The highest BCUT2D eigenvalue weighted by Gasteiger charge is 2.30. The van der Waals surface area contributed by atoms with Gasteiger partial charge in [0.2, 0.25) is 0 Å². The van der Waals surface area contributed by atoms with E-state index in [9.17, 15) is 4.79 Å². The van der Waals surface area contributed by atoms with Gasteiger partial charge in [0.05, 0.1) is 5.69 Å². The van der Waals surface area contributed by atoms with E-state index >= 15 is 0 Å². The summed E-state index contributed by atoms with van der Waals surface area (Å²) >= 11 is 5.01. The molecule has 1 amide bonds. The first-order valence-electron chi connectivity index (χ1n) is 5.97. The molecule has 1 aliphatic heterocycles. The first-order valence-corrected chi connectivity index (χ1v) is 7.75. The van der Waals surface area contributed by atoms with Crippen molar-refractivity contribution in [1.29, 1.82) is 0 Å². The van der Waals surface area contributed by atoms with Gasteiger partial charge < -0.3 is 9.32 Å². The third kappa shape index (κ3) is 2.32. The standard InChI is InChI=1S/C14H12BrNO2S/c1-9-8-19-12-5-3-2-4-10(12)16(9)14(17)11-6-7-13(15)18-11/h2-7,9H,8H2,1H3. The lowest BCUT2D eigenvalue weighted by molar-refractivity contribution is 0.0951. The summed E-state index contributed by atoms with van der Waals surface area (Å²) in [5.41, 5.74) is 0.962. The molecule has 0 spiro atoms. The second-order valence-electron chi connectivity index (χ2n) is 4.41. The molecule has 2 heterocycles. The second kappa shape index (κ2) is 5.06. The molecule has 0 N–H and O–H groups in total. The molecule has 98 valence electrons. The lowest BCUT2D eigenvalue weighted by Gasteiger charge is -2.34. The summed E-state index contributed by atoms with van der Waals surface area (Å²) in [7, 11) is 0. The fourth-order valence-electron chi connectivity index (χ4n) is 2.16. The van der Waals surface area contributed by atoms with Crippen molar-refractivity contribution in [1.82, 2.24) is 0 Å². The normalized spacial score (nSPS) is 18.2. The number of anilines is 1. The van der Waals surface area contributed by atoms with E-state index in [2.05, 4.69) is 22.9 Å². The van der Waals surface area contributed by atoms with Gasteiger partial charge in [0.1, 0.15) is 0 Å².